The summed E-state index contributed by atoms with van der Waals surface area (Å²) in [7, 11) is -3.23. The van der Waals surface area contributed by atoms with Gasteiger partial charge in [-0.3, -0.25) is 0 Å². The van der Waals surface area contributed by atoms with Crippen molar-refractivity contribution < 1.29 is 8.42 Å². The molecule has 0 bridgehead atoms. The zero-order chi connectivity index (χ0) is 18.2. The Morgan fingerprint density at radius 3 is 2.32 bits per heavy atom. The van der Waals surface area contributed by atoms with Crippen LogP contribution in [0, 0.1) is 6.92 Å². The summed E-state index contributed by atoms with van der Waals surface area (Å²) in [6, 6.07) is 14.1. The number of aryl methyl sites for hydroxylation is 1. The lowest BCUT2D eigenvalue weighted by atomic mass is 10.1. The minimum atomic E-state index is -3.23. The van der Waals surface area contributed by atoms with Crippen LogP contribution in [0.15, 0.2) is 53.4 Å². The summed E-state index contributed by atoms with van der Waals surface area (Å²) in [5.74, 6) is 0.0696. The highest BCUT2D eigenvalue weighted by Gasteiger charge is 2.14. The van der Waals surface area contributed by atoms with Gasteiger partial charge in [0.05, 0.1) is 22.0 Å². The third-order valence-electron chi connectivity index (χ3n) is 3.95. The minimum Gasteiger partial charge on any atom is -0.232 e. The van der Waals surface area contributed by atoms with E-state index in [2.05, 4.69) is 5.10 Å². The fourth-order valence-corrected chi connectivity index (χ4v) is 3.70. The van der Waals surface area contributed by atoms with Crippen molar-refractivity contribution >= 4 is 33.0 Å². The minimum absolute atomic E-state index is 0.0696. The van der Waals surface area contributed by atoms with E-state index in [0.29, 0.717) is 15.1 Å². The quantitative estimate of drug-likeness (QED) is 0.628. The Kier molecular flexibility index (Phi) is 4.91. The molecule has 0 saturated heterocycles. The molecule has 1 heterocycles. The number of hydrogen-bond acceptors (Lipinski definition) is 3. The first-order valence-corrected chi connectivity index (χ1v) is 10.1. The van der Waals surface area contributed by atoms with Crippen LogP contribution in [0.5, 0.6) is 0 Å². The van der Waals surface area contributed by atoms with Crippen molar-refractivity contribution in [2.45, 2.75) is 18.7 Å². The maximum atomic E-state index is 12.0. The van der Waals surface area contributed by atoms with E-state index in [0.717, 1.165) is 22.5 Å². The molecule has 1 aromatic heterocycles. The van der Waals surface area contributed by atoms with Crippen LogP contribution in [0.25, 0.3) is 16.9 Å². The molecule has 0 atom stereocenters. The summed E-state index contributed by atoms with van der Waals surface area (Å²) >= 11 is 12.2. The number of benzene rings is 2. The van der Waals surface area contributed by atoms with Gasteiger partial charge in [-0.2, -0.15) is 5.10 Å². The molecular formula is C18H16Cl2N2O2S. The second-order valence-electron chi connectivity index (χ2n) is 5.63. The molecule has 4 nitrogen and oxygen atoms in total. The monoisotopic (exact) mass is 394 g/mol. The van der Waals surface area contributed by atoms with E-state index in [1.54, 1.807) is 41.9 Å². The van der Waals surface area contributed by atoms with Gasteiger partial charge >= 0.3 is 0 Å². The number of halogens is 2. The van der Waals surface area contributed by atoms with Gasteiger partial charge in [0.2, 0.25) is 0 Å². The summed E-state index contributed by atoms with van der Waals surface area (Å²) in [4.78, 5) is 0.304. The predicted octanol–water partition coefficient (Wildman–Crippen LogP) is 4.95. The topological polar surface area (TPSA) is 52.0 Å². The molecule has 3 aromatic rings. The zero-order valence-corrected chi connectivity index (χ0v) is 16.0. The van der Waals surface area contributed by atoms with E-state index in [1.807, 2.05) is 25.1 Å². The number of hydrogen-bond donors (Lipinski definition) is 0. The fourth-order valence-electron chi connectivity index (χ4n) is 2.51. The maximum absolute atomic E-state index is 12.0. The molecule has 0 N–H and O–H groups in total. The largest absolute Gasteiger partial charge is 0.232 e. The van der Waals surface area contributed by atoms with Crippen LogP contribution in [-0.2, 0) is 9.84 Å². The van der Waals surface area contributed by atoms with Crippen molar-refractivity contribution in [3.63, 3.8) is 0 Å². The third-order valence-corrected chi connectivity index (χ3v) is 6.31. The highest BCUT2D eigenvalue weighted by molar-refractivity contribution is 7.91. The second-order valence-corrected chi connectivity index (χ2v) is 8.70. The van der Waals surface area contributed by atoms with Gasteiger partial charge in [0, 0.05) is 16.7 Å². The standard InChI is InChI=1S/C18H16Cl2N2O2S/c1-3-25(23,24)15-7-4-13(5-8-15)17-11-18(20)21-22(17)14-6-9-16(19)12(2)10-14/h4-11H,3H2,1-2H3. The van der Waals surface area contributed by atoms with Crippen LogP contribution in [0.2, 0.25) is 10.2 Å². The van der Waals surface area contributed by atoms with E-state index < -0.39 is 9.84 Å². The maximum Gasteiger partial charge on any atom is 0.178 e. The summed E-state index contributed by atoms with van der Waals surface area (Å²) < 4.78 is 25.6. The average Bonchev–Trinajstić information content (AvgIpc) is 2.99. The Bertz CT molecular complexity index is 1030. The number of aromatic nitrogens is 2. The third kappa shape index (κ3) is 3.59. The Morgan fingerprint density at radius 2 is 1.72 bits per heavy atom. The van der Waals surface area contributed by atoms with Gasteiger partial charge < -0.3 is 0 Å². The molecule has 0 aliphatic heterocycles. The van der Waals surface area contributed by atoms with E-state index in [1.165, 1.54) is 0 Å². The Morgan fingerprint density at radius 1 is 1.04 bits per heavy atom. The molecule has 0 aliphatic carbocycles. The number of nitrogens with zero attached hydrogens (tertiary/aromatic N) is 2. The summed E-state index contributed by atoms with van der Waals surface area (Å²) in [5, 5.41) is 5.37. The van der Waals surface area contributed by atoms with Gasteiger partial charge in [-0.15, -0.1) is 0 Å². The molecule has 0 fully saturated rings. The van der Waals surface area contributed by atoms with Gasteiger partial charge in [-0.25, -0.2) is 13.1 Å². The molecule has 25 heavy (non-hydrogen) atoms. The van der Waals surface area contributed by atoms with E-state index >= 15 is 0 Å². The molecule has 0 radical (unpaired) electrons. The molecule has 0 saturated carbocycles. The lowest BCUT2D eigenvalue weighted by Gasteiger charge is -2.10. The van der Waals surface area contributed by atoms with Crippen molar-refractivity contribution in [1.29, 1.82) is 0 Å². The van der Waals surface area contributed by atoms with Crippen molar-refractivity contribution in [2.24, 2.45) is 0 Å². The van der Waals surface area contributed by atoms with Gasteiger partial charge in [0.15, 0.2) is 15.0 Å². The van der Waals surface area contributed by atoms with Crippen LogP contribution in [-0.4, -0.2) is 24.0 Å². The van der Waals surface area contributed by atoms with Crippen LogP contribution in [0.3, 0.4) is 0 Å². The highest BCUT2D eigenvalue weighted by Crippen LogP contribution is 2.28. The highest BCUT2D eigenvalue weighted by atomic mass is 35.5. The van der Waals surface area contributed by atoms with E-state index in [-0.39, 0.29) is 5.75 Å². The first-order chi connectivity index (χ1) is 11.8. The van der Waals surface area contributed by atoms with Crippen LogP contribution in [0.4, 0.5) is 0 Å². The second kappa shape index (κ2) is 6.83. The summed E-state index contributed by atoms with van der Waals surface area (Å²) in [6.45, 7) is 3.54. The molecule has 7 heteroatoms. The van der Waals surface area contributed by atoms with E-state index in [4.69, 9.17) is 23.2 Å². The lowest BCUT2D eigenvalue weighted by Crippen LogP contribution is -2.03. The Hall–Kier alpha value is -1.82. The first kappa shape index (κ1) is 18.0. The normalized spacial score (nSPS) is 11.7. The molecule has 0 spiro atoms. The predicted molar refractivity (Wildman–Crippen MR) is 101 cm³/mol. The SMILES string of the molecule is CCS(=O)(=O)c1ccc(-c2cc(Cl)nn2-c2ccc(Cl)c(C)c2)cc1. The molecule has 0 amide bonds. The zero-order valence-electron chi connectivity index (χ0n) is 13.7. The van der Waals surface area contributed by atoms with Crippen molar-refractivity contribution in [3.8, 4) is 16.9 Å². The van der Waals surface area contributed by atoms with Gasteiger partial charge in [0.25, 0.3) is 0 Å². The van der Waals surface area contributed by atoms with Crippen LogP contribution >= 0.6 is 23.2 Å². The molecular weight excluding hydrogens is 379 g/mol. The Labute approximate surface area is 156 Å². The van der Waals surface area contributed by atoms with Gasteiger partial charge in [-0.1, -0.05) is 42.3 Å². The first-order valence-electron chi connectivity index (χ1n) is 7.67. The smallest absolute Gasteiger partial charge is 0.178 e. The van der Waals surface area contributed by atoms with Crippen LogP contribution < -0.4 is 0 Å². The van der Waals surface area contributed by atoms with Crippen molar-refractivity contribution in [3.05, 3.63) is 64.3 Å². The van der Waals surface area contributed by atoms with Crippen molar-refractivity contribution in [2.75, 3.05) is 5.75 Å². The Balaban J connectivity index is 2.08. The average molecular weight is 395 g/mol. The van der Waals surface area contributed by atoms with E-state index in [9.17, 15) is 8.42 Å². The number of sulfone groups is 1. The van der Waals surface area contributed by atoms with Gasteiger partial charge in [-0.05, 0) is 42.8 Å². The number of rotatable bonds is 4. The molecule has 0 aliphatic rings. The molecule has 2 aromatic carbocycles. The fraction of sp³-hybridized carbons (Fsp3) is 0.167. The summed E-state index contributed by atoms with van der Waals surface area (Å²) in [6.07, 6.45) is 0. The molecule has 130 valence electrons. The molecule has 0 unspecified atom stereocenters. The van der Waals surface area contributed by atoms with Gasteiger partial charge in [0.1, 0.15) is 0 Å². The molecule has 3 rings (SSSR count). The van der Waals surface area contributed by atoms with Crippen LogP contribution in [0.1, 0.15) is 12.5 Å². The lowest BCUT2D eigenvalue weighted by molar-refractivity contribution is 0.597. The van der Waals surface area contributed by atoms with Crippen molar-refractivity contribution in [1.82, 2.24) is 9.78 Å². The summed E-state index contributed by atoms with van der Waals surface area (Å²) in [5.41, 5.74) is 3.35.